The zero-order chi connectivity index (χ0) is 14.0. The van der Waals surface area contributed by atoms with E-state index in [0.29, 0.717) is 0 Å². The number of halogens is 4. The van der Waals surface area contributed by atoms with Crippen LogP contribution in [-0.4, -0.2) is 22.5 Å². The Morgan fingerprint density at radius 3 is 2.22 bits per heavy atom. The molecule has 1 aromatic carbocycles. The van der Waals surface area contributed by atoms with Crippen molar-refractivity contribution in [1.82, 2.24) is 0 Å². The molecular weight excluding hydrogens is 388 g/mol. The molecule has 0 atom stereocenters. The Hall–Kier alpha value is -0.390. The number of rotatable bonds is 4. The van der Waals surface area contributed by atoms with Gasteiger partial charge in [0.05, 0.1) is 0 Å². The quantitative estimate of drug-likeness (QED) is 0.626. The van der Waals surface area contributed by atoms with E-state index >= 15 is 0 Å². The second-order valence-corrected chi connectivity index (χ2v) is 8.42. The normalized spacial score (nSPS) is 13.5. The molecule has 18 heavy (non-hydrogen) atoms. The van der Waals surface area contributed by atoms with Crippen LogP contribution in [0.5, 0.6) is 0 Å². The summed E-state index contributed by atoms with van der Waals surface area (Å²) in [5.74, 6) is 0. The first-order valence-electron chi connectivity index (χ1n) is 4.54. The van der Waals surface area contributed by atoms with E-state index in [1.807, 2.05) is 0 Å². The zero-order valence-corrected chi connectivity index (χ0v) is 12.1. The van der Waals surface area contributed by atoms with Crippen molar-refractivity contribution in [1.29, 1.82) is 0 Å². The van der Waals surface area contributed by atoms with Gasteiger partial charge in [-0.1, -0.05) is 0 Å². The predicted molar refractivity (Wildman–Crippen MR) is 66.6 cm³/mol. The van der Waals surface area contributed by atoms with Crippen molar-refractivity contribution in [3.05, 3.63) is 29.8 Å². The third kappa shape index (κ3) is 5.08. The van der Waals surface area contributed by atoms with Gasteiger partial charge in [0.15, 0.2) is 0 Å². The number of benzene rings is 1. The van der Waals surface area contributed by atoms with E-state index in [2.05, 4.69) is 2.51 Å². The molecule has 0 amide bonds. The van der Waals surface area contributed by atoms with Gasteiger partial charge in [-0.05, 0) is 0 Å². The van der Waals surface area contributed by atoms with Crippen LogP contribution in [0.25, 0.3) is 0 Å². The third-order valence-corrected chi connectivity index (χ3v) is 7.07. The zero-order valence-electron chi connectivity index (χ0n) is 9.11. The second-order valence-electron chi connectivity index (χ2n) is 3.38. The molecule has 0 aliphatic carbocycles. The maximum atomic E-state index is 11.9. The van der Waals surface area contributed by atoms with Gasteiger partial charge in [-0.2, -0.15) is 0 Å². The fourth-order valence-corrected chi connectivity index (χ4v) is 5.15. The van der Waals surface area contributed by atoms with Crippen LogP contribution in [0.4, 0.5) is 13.2 Å². The van der Waals surface area contributed by atoms with Gasteiger partial charge < -0.3 is 0 Å². The number of hydrogen-bond acceptors (Lipinski definition) is 4. The van der Waals surface area contributed by atoms with E-state index in [4.69, 9.17) is 3.44 Å². The first kappa shape index (κ1) is 15.7. The molecule has 1 N–H and O–H groups in total. The summed E-state index contributed by atoms with van der Waals surface area (Å²) in [4.78, 5) is -0.272. The van der Waals surface area contributed by atoms with Crippen molar-refractivity contribution in [2.45, 2.75) is 18.0 Å². The summed E-state index contributed by atoms with van der Waals surface area (Å²) in [5.41, 5.74) is 0.795. The number of alkyl halides is 4. The van der Waals surface area contributed by atoms with Crippen LogP contribution in [0.1, 0.15) is 5.56 Å². The van der Waals surface area contributed by atoms with Gasteiger partial charge in [-0.15, -0.1) is 0 Å². The van der Waals surface area contributed by atoms with Gasteiger partial charge >= 0.3 is 111 Å². The van der Waals surface area contributed by atoms with Crippen LogP contribution < -0.4 is 0 Å². The molecule has 0 fully saturated rings. The Morgan fingerprint density at radius 1 is 1.28 bits per heavy atom. The monoisotopic (exact) mass is 398 g/mol. The van der Waals surface area contributed by atoms with E-state index in [1.54, 1.807) is 6.92 Å². The van der Waals surface area contributed by atoms with Crippen molar-refractivity contribution in [3.63, 3.8) is 0 Å². The van der Waals surface area contributed by atoms with Crippen LogP contribution in [0.3, 0.4) is 0 Å². The maximum absolute atomic E-state index is 11.9. The van der Waals surface area contributed by atoms with Gasteiger partial charge in [0.2, 0.25) is 0 Å². The van der Waals surface area contributed by atoms with Gasteiger partial charge in [-0.3, -0.25) is 0 Å². The molecule has 0 bridgehead atoms. The fourth-order valence-electron chi connectivity index (χ4n) is 0.989. The van der Waals surface area contributed by atoms with Crippen molar-refractivity contribution in [3.8, 4) is 0 Å². The SMILES string of the molecule is Cc1ccc(S(=O)(=O)OI(O)CC(F)(F)F)cc1. The molecule has 0 saturated heterocycles. The van der Waals surface area contributed by atoms with Gasteiger partial charge in [-0.25, -0.2) is 0 Å². The van der Waals surface area contributed by atoms with Gasteiger partial charge in [0.1, 0.15) is 0 Å². The Kier molecular flexibility index (Phi) is 4.98. The Morgan fingerprint density at radius 2 is 1.78 bits per heavy atom. The molecule has 104 valence electrons. The van der Waals surface area contributed by atoms with Crippen LogP contribution in [0, 0.1) is 6.92 Å². The van der Waals surface area contributed by atoms with Crippen LogP contribution in [0.15, 0.2) is 29.2 Å². The molecule has 0 unspecified atom stereocenters. The molecule has 1 aromatic rings. The molecule has 0 saturated carbocycles. The van der Waals surface area contributed by atoms with Crippen molar-refractivity contribution in [2.75, 3.05) is 4.43 Å². The number of hydrogen-bond donors (Lipinski definition) is 1. The minimum absolute atomic E-state index is 0.272. The topological polar surface area (TPSA) is 63.6 Å². The molecule has 0 heterocycles. The molecule has 0 aromatic heterocycles. The Bertz CT molecular complexity index is 498. The Labute approximate surface area is 110 Å². The molecular formula is C9H10F3IO4S. The van der Waals surface area contributed by atoms with E-state index in [9.17, 15) is 21.6 Å². The molecule has 0 spiro atoms. The molecule has 0 aliphatic heterocycles. The van der Waals surface area contributed by atoms with Crippen LogP contribution >= 0.6 is 20.6 Å². The standard InChI is InChI=1S/C9H10F3IO4S/c1-7-2-4-8(5-3-7)18(15,16)17-13(14)6-9(10,11)12/h2-5,14H,6H2,1H3. The fraction of sp³-hybridized carbons (Fsp3) is 0.333. The third-order valence-electron chi connectivity index (χ3n) is 1.73. The second kappa shape index (κ2) is 5.72. The summed E-state index contributed by atoms with van der Waals surface area (Å²) >= 11 is -4.03. The van der Waals surface area contributed by atoms with E-state index in [1.165, 1.54) is 24.3 Å². The summed E-state index contributed by atoms with van der Waals surface area (Å²) in [6, 6.07) is 5.39. The van der Waals surface area contributed by atoms with E-state index < -0.39 is 41.4 Å². The summed E-state index contributed by atoms with van der Waals surface area (Å²) in [6.07, 6.45) is -4.64. The summed E-state index contributed by atoms with van der Waals surface area (Å²) < 4.78 is 70.6. The van der Waals surface area contributed by atoms with E-state index in [-0.39, 0.29) is 4.90 Å². The van der Waals surface area contributed by atoms with Gasteiger partial charge in [0, 0.05) is 0 Å². The van der Waals surface area contributed by atoms with Crippen LogP contribution in [-0.2, 0) is 12.6 Å². The molecule has 0 radical (unpaired) electrons. The minimum atomic E-state index is -4.64. The first-order chi connectivity index (χ1) is 8.10. The molecule has 4 nitrogen and oxygen atoms in total. The van der Waals surface area contributed by atoms with Crippen molar-refractivity contribution < 1.29 is 27.5 Å². The average molecular weight is 398 g/mol. The predicted octanol–water partition coefficient (Wildman–Crippen LogP) is 2.59. The average Bonchev–Trinajstić information content (AvgIpc) is 2.13. The summed E-state index contributed by atoms with van der Waals surface area (Å²) in [5, 5.41) is 0. The molecule has 1 rings (SSSR count). The summed E-state index contributed by atoms with van der Waals surface area (Å²) in [6.45, 7) is 1.73. The van der Waals surface area contributed by atoms with Crippen molar-refractivity contribution in [2.24, 2.45) is 0 Å². The first-order valence-corrected chi connectivity index (χ1v) is 9.32. The number of aryl methyl sites for hydroxylation is 1. The van der Waals surface area contributed by atoms with E-state index in [0.717, 1.165) is 5.56 Å². The Balaban J connectivity index is 2.79. The molecule has 9 heteroatoms. The molecule has 0 aliphatic rings. The van der Waals surface area contributed by atoms with Crippen LogP contribution in [0.2, 0.25) is 0 Å². The summed E-state index contributed by atoms with van der Waals surface area (Å²) in [7, 11) is -4.33. The van der Waals surface area contributed by atoms with Crippen molar-refractivity contribution >= 4 is 30.8 Å². The van der Waals surface area contributed by atoms with Gasteiger partial charge in [0.25, 0.3) is 0 Å².